The summed E-state index contributed by atoms with van der Waals surface area (Å²) in [5.41, 5.74) is 1.50. The van der Waals surface area contributed by atoms with Crippen LogP contribution in [0.4, 0.5) is 5.69 Å². The third-order valence-electron chi connectivity index (χ3n) is 4.33. The minimum absolute atomic E-state index is 0.0724. The van der Waals surface area contributed by atoms with Crippen molar-refractivity contribution in [3.8, 4) is 0 Å². The average Bonchev–Trinajstić information content (AvgIpc) is 3.29. The van der Waals surface area contributed by atoms with Crippen molar-refractivity contribution in [2.24, 2.45) is 0 Å². The molecule has 1 saturated carbocycles. The van der Waals surface area contributed by atoms with Crippen LogP contribution in [-0.4, -0.2) is 19.4 Å². The maximum absolute atomic E-state index is 12.8. The van der Waals surface area contributed by atoms with E-state index in [2.05, 4.69) is 9.69 Å². The Kier molecular flexibility index (Phi) is 3.76. The molecular weight excluding hydrogens is 340 g/mol. The lowest BCUT2D eigenvalue weighted by molar-refractivity contribution is -0.116. The summed E-state index contributed by atoms with van der Waals surface area (Å²) >= 11 is 1.11. The predicted molar refractivity (Wildman–Crippen MR) is 96.2 cm³/mol. The van der Waals surface area contributed by atoms with Gasteiger partial charge in [-0.3, -0.25) is 18.7 Å². The first-order valence-corrected chi connectivity index (χ1v) is 8.85. The van der Waals surface area contributed by atoms with Gasteiger partial charge in [-0.05, 0) is 42.9 Å². The number of carbonyl (C=O) groups excluding carboxylic acids is 1. The molecule has 0 bridgehead atoms. The number of nitrogens with zero attached hydrogens (tertiary/aromatic N) is 3. The zero-order valence-corrected chi connectivity index (χ0v) is 14.4. The van der Waals surface area contributed by atoms with E-state index in [0.717, 1.165) is 29.9 Å². The van der Waals surface area contributed by atoms with Crippen LogP contribution in [0.5, 0.6) is 0 Å². The van der Waals surface area contributed by atoms with Crippen molar-refractivity contribution in [2.45, 2.75) is 32.4 Å². The van der Waals surface area contributed by atoms with Crippen LogP contribution in [-0.2, 0) is 11.3 Å². The van der Waals surface area contributed by atoms with Crippen molar-refractivity contribution in [1.29, 1.82) is 0 Å². The van der Waals surface area contributed by atoms with Crippen molar-refractivity contribution < 1.29 is 4.79 Å². The summed E-state index contributed by atoms with van der Waals surface area (Å²) in [5, 5.41) is 4.45. The van der Waals surface area contributed by atoms with Gasteiger partial charge >= 0.3 is 5.69 Å². The molecule has 128 valence electrons. The van der Waals surface area contributed by atoms with E-state index in [1.54, 1.807) is 5.38 Å². The molecule has 0 aliphatic heterocycles. The number of anilines is 1. The molecular formula is C17H16N4O3S. The molecule has 1 N–H and O–H groups in total. The van der Waals surface area contributed by atoms with E-state index < -0.39 is 5.69 Å². The van der Waals surface area contributed by atoms with Gasteiger partial charge in [-0.25, -0.2) is 4.79 Å². The largest absolute Gasteiger partial charge is 0.332 e. The summed E-state index contributed by atoms with van der Waals surface area (Å²) in [7, 11) is 0. The number of rotatable bonds is 4. The van der Waals surface area contributed by atoms with Crippen molar-refractivity contribution >= 4 is 34.2 Å². The number of hydrogen-bond donors (Lipinski definition) is 1. The van der Waals surface area contributed by atoms with Gasteiger partial charge in [0.05, 0.1) is 5.52 Å². The number of benzene rings is 1. The van der Waals surface area contributed by atoms with Crippen molar-refractivity contribution in [3.63, 3.8) is 0 Å². The summed E-state index contributed by atoms with van der Waals surface area (Å²) in [4.78, 5) is 37.7. The number of para-hydroxylation sites is 1. The van der Waals surface area contributed by atoms with E-state index in [9.17, 15) is 14.4 Å². The van der Waals surface area contributed by atoms with E-state index in [4.69, 9.17) is 0 Å². The van der Waals surface area contributed by atoms with Crippen LogP contribution in [0.25, 0.3) is 11.0 Å². The second kappa shape index (κ2) is 5.96. The van der Waals surface area contributed by atoms with Gasteiger partial charge in [-0.2, -0.15) is 4.37 Å². The van der Waals surface area contributed by atoms with Crippen LogP contribution in [0.2, 0.25) is 0 Å². The molecule has 1 aromatic carbocycles. The number of carbonyl (C=O) groups is 1. The number of amides is 1. The quantitative estimate of drug-likeness (QED) is 0.774. The third-order valence-corrected chi connectivity index (χ3v) is 4.95. The van der Waals surface area contributed by atoms with Gasteiger partial charge in [0.2, 0.25) is 5.91 Å². The topological polar surface area (TPSA) is 86.0 Å². The molecule has 0 spiro atoms. The minimum Gasteiger partial charge on any atom is -0.324 e. The molecule has 0 radical (unpaired) electrons. The Bertz CT molecular complexity index is 1090. The minimum atomic E-state index is -0.444. The molecule has 0 unspecified atom stereocenters. The van der Waals surface area contributed by atoms with E-state index in [0.29, 0.717) is 11.2 Å². The highest BCUT2D eigenvalue weighted by Gasteiger charge is 2.29. The van der Waals surface area contributed by atoms with Crippen LogP contribution in [0.1, 0.15) is 24.4 Å². The van der Waals surface area contributed by atoms with Crippen molar-refractivity contribution in [1.82, 2.24) is 13.5 Å². The summed E-state index contributed by atoms with van der Waals surface area (Å²) in [6.45, 7) is 1.74. The van der Waals surface area contributed by atoms with E-state index in [1.165, 1.54) is 9.13 Å². The number of fused-ring (bicyclic) bond motifs is 1. The van der Waals surface area contributed by atoms with Gasteiger partial charge in [-0.1, -0.05) is 18.2 Å². The SMILES string of the molecule is Cc1ccccc1NC(=O)Cn1c(=O)n(C2CC2)c(=O)c2nscc21. The molecule has 2 aromatic heterocycles. The van der Waals surface area contributed by atoms with E-state index >= 15 is 0 Å². The first-order valence-electron chi connectivity index (χ1n) is 8.01. The molecule has 8 heteroatoms. The molecule has 1 aliphatic rings. The maximum Gasteiger partial charge on any atom is 0.332 e. The maximum atomic E-state index is 12.8. The van der Waals surface area contributed by atoms with Gasteiger partial charge in [0, 0.05) is 17.1 Å². The van der Waals surface area contributed by atoms with Gasteiger partial charge < -0.3 is 5.32 Å². The Hall–Kier alpha value is -2.74. The number of aromatic nitrogens is 3. The molecule has 25 heavy (non-hydrogen) atoms. The first-order chi connectivity index (χ1) is 12.1. The number of aryl methyl sites for hydroxylation is 1. The van der Waals surface area contributed by atoms with Crippen LogP contribution in [0.3, 0.4) is 0 Å². The normalized spacial score (nSPS) is 14.0. The summed E-state index contributed by atoms with van der Waals surface area (Å²) in [6.07, 6.45) is 1.61. The van der Waals surface area contributed by atoms with Gasteiger partial charge in [0.1, 0.15) is 6.54 Å². The van der Waals surface area contributed by atoms with Crippen LogP contribution >= 0.6 is 11.5 Å². The lowest BCUT2D eigenvalue weighted by atomic mass is 10.2. The zero-order chi connectivity index (χ0) is 17.6. The molecule has 3 aromatic rings. The van der Waals surface area contributed by atoms with Crippen LogP contribution in [0.15, 0.2) is 39.2 Å². The average molecular weight is 356 g/mol. The standard InChI is InChI=1S/C17H16N4O3S/c1-10-4-2-3-5-12(10)18-14(22)8-20-13-9-25-19-15(13)16(23)21(17(20)24)11-6-7-11/h2-5,9,11H,6-8H2,1H3,(H,18,22). The highest BCUT2D eigenvalue weighted by atomic mass is 32.1. The molecule has 7 nitrogen and oxygen atoms in total. The van der Waals surface area contributed by atoms with E-state index in [1.807, 2.05) is 31.2 Å². The molecule has 0 atom stereocenters. The summed E-state index contributed by atoms with van der Waals surface area (Å²) in [6, 6.07) is 7.36. The zero-order valence-electron chi connectivity index (χ0n) is 13.6. The lowest BCUT2D eigenvalue weighted by Crippen LogP contribution is -2.41. The number of hydrogen-bond acceptors (Lipinski definition) is 5. The Labute approximate surface area is 146 Å². The lowest BCUT2D eigenvalue weighted by Gasteiger charge is -2.12. The first kappa shape index (κ1) is 15.8. The molecule has 4 rings (SSSR count). The Balaban J connectivity index is 1.73. The van der Waals surface area contributed by atoms with Crippen molar-refractivity contribution in [2.75, 3.05) is 5.32 Å². The molecule has 0 saturated heterocycles. The fourth-order valence-electron chi connectivity index (χ4n) is 2.86. The second-order valence-electron chi connectivity index (χ2n) is 6.19. The van der Waals surface area contributed by atoms with Gasteiger partial charge in [0.25, 0.3) is 5.56 Å². The molecule has 1 fully saturated rings. The third kappa shape index (κ3) is 2.78. The fourth-order valence-corrected chi connectivity index (χ4v) is 3.53. The Morgan fingerprint density at radius 2 is 2.08 bits per heavy atom. The monoisotopic (exact) mass is 356 g/mol. The molecule has 2 heterocycles. The van der Waals surface area contributed by atoms with Crippen LogP contribution in [0, 0.1) is 6.92 Å². The second-order valence-corrected chi connectivity index (χ2v) is 6.82. The van der Waals surface area contributed by atoms with Gasteiger partial charge in [0.15, 0.2) is 5.52 Å². The molecule has 1 amide bonds. The highest BCUT2D eigenvalue weighted by molar-refractivity contribution is 7.04. The summed E-state index contributed by atoms with van der Waals surface area (Å²) < 4.78 is 6.69. The van der Waals surface area contributed by atoms with Crippen molar-refractivity contribution in [3.05, 3.63) is 56.0 Å². The summed E-state index contributed by atoms with van der Waals surface area (Å²) in [5.74, 6) is -0.315. The Morgan fingerprint density at radius 3 is 2.80 bits per heavy atom. The molecule has 1 aliphatic carbocycles. The van der Waals surface area contributed by atoms with Gasteiger partial charge in [-0.15, -0.1) is 0 Å². The Morgan fingerprint density at radius 1 is 1.32 bits per heavy atom. The van der Waals surface area contributed by atoms with Crippen LogP contribution < -0.4 is 16.6 Å². The predicted octanol–water partition coefficient (Wildman–Crippen LogP) is 1.90. The smallest absolute Gasteiger partial charge is 0.324 e. The number of nitrogens with one attached hydrogen (secondary N) is 1. The van der Waals surface area contributed by atoms with E-state index in [-0.39, 0.29) is 29.6 Å². The fraction of sp³-hybridized carbons (Fsp3) is 0.294. The highest BCUT2D eigenvalue weighted by Crippen LogP contribution is 2.32.